The van der Waals surface area contributed by atoms with Crippen LogP contribution in [0.5, 0.6) is 0 Å². The van der Waals surface area contributed by atoms with Crippen molar-refractivity contribution in [2.75, 3.05) is 39.4 Å². The molecule has 2 fully saturated rings. The van der Waals surface area contributed by atoms with Crippen molar-refractivity contribution in [3.8, 4) is 0 Å². The molecule has 20 heavy (non-hydrogen) atoms. The minimum Gasteiger partial charge on any atom is -0.379 e. The van der Waals surface area contributed by atoms with Gasteiger partial charge in [-0.15, -0.1) is 0 Å². The molecule has 0 N–H and O–H groups in total. The lowest BCUT2D eigenvalue weighted by atomic mass is 10.1. The van der Waals surface area contributed by atoms with Crippen LogP contribution in [0.1, 0.15) is 24.0 Å². The summed E-state index contributed by atoms with van der Waals surface area (Å²) in [5.74, 6) is 0. The SMILES string of the molecule is Cc1ccc(CN(CCN2CCOCC2)C2CC2)cc1. The number of hydrogen-bond acceptors (Lipinski definition) is 3. The fraction of sp³-hybridized carbons (Fsp3) is 0.647. The number of benzene rings is 1. The lowest BCUT2D eigenvalue weighted by molar-refractivity contribution is 0.0325. The summed E-state index contributed by atoms with van der Waals surface area (Å²) in [4.78, 5) is 5.20. The average Bonchev–Trinajstić information content (AvgIpc) is 3.31. The van der Waals surface area contributed by atoms with Gasteiger partial charge in [-0.1, -0.05) is 29.8 Å². The summed E-state index contributed by atoms with van der Waals surface area (Å²) in [6, 6.07) is 9.83. The summed E-state index contributed by atoms with van der Waals surface area (Å²) in [5, 5.41) is 0. The molecule has 0 radical (unpaired) electrons. The van der Waals surface area contributed by atoms with Gasteiger partial charge in [0.2, 0.25) is 0 Å². The maximum absolute atomic E-state index is 5.42. The van der Waals surface area contributed by atoms with E-state index in [0.29, 0.717) is 0 Å². The molecular weight excluding hydrogens is 248 g/mol. The molecule has 1 heterocycles. The van der Waals surface area contributed by atoms with Crippen molar-refractivity contribution in [1.29, 1.82) is 0 Å². The van der Waals surface area contributed by atoms with Crippen molar-refractivity contribution in [1.82, 2.24) is 9.80 Å². The molecule has 2 aliphatic rings. The lowest BCUT2D eigenvalue weighted by Gasteiger charge is -2.30. The topological polar surface area (TPSA) is 15.7 Å². The summed E-state index contributed by atoms with van der Waals surface area (Å²) < 4.78 is 5.42. The molecule has 1 aliphatic carbocycles. The molecule has 0 bridgehead atoms. The van der Waals surface area contributed by atoms with Gasteiger partial charge >= 0.3 is 0 Å². The second-order valence-corrected chi connectivity index (χ2v) is 6.14. The normalized spacial score (nSPS) is 20.5. The van der Waals surface area contributed by atoms with Crippen LogP contribution in [0.15, 0.2) is 24.3 Å². The van der Waals surface area contributed by atoms with Gasteiger partial charge in [0.1, 0.15) is 0 Å². The van der Waals surface area contributed by atoms with Gasteiger partial charge in [-0.2, -0.15) is 0 Å². The van der Waals surface area contributed by atoms with Crippen molar-refractivity contribution in [3.05, 3.63) is 35.4 Å². The van der Waals surface area contributed by atoms with Crippen LogP contribution in [-0.2, 0) is 11.3 Å². The number of ether oxygens (including phenoxy) is 1. The number of hydrogen-bond donors (Lipinski definition) is 0. The van der Waals surface area contributed by atoms with Crippen LogP contribution in [0.2, 0.25) is 0 Å². The van der Waals surface area contributed by atoms with E-state index in [1.54, 1.807) is 0 Å². The van der Waals surface area contributed by atoms with Gasteiger partial charge in [-0.05, 0) is 25.3 Å². The molecule has 1 saturated carbocycles. The van der Waals surface area contributed by atoms with Gasteiger partial charge in [-0.25, -0.2) is 0 Å². The first-order valence-corrected chi connectivity index (χ1v) is 7.91. The van der Waals surface area contributed by atoms with Crippen LogP contribution in [0.3, 0.4) is 0 Å². The van der Waals surface area contributed by atoms with E-state index in [-0.39, 0.29) is 0 Å². The summed E-state index contributed by atoms with van der Waals surface area (Å²) in [5.41, 5.74) is 2.80. The van der Waals surface area contributed by atoms with Crippen LogP contribution >= 0.6 is 0 Å². The van der Waals surface area contributed by atoms with E-state index in [2.05, 4.69) is 41.0 Å². The van der Waals surface area contributed by atoms with Crippen LogP contribution in [0.25, 0.3) is 0 Å². The second-order valence-electron chi connectivity index (χ2n) is 6.14. The Morgan fingerprint density at radius 1 is 1.15 bits per heavy atom. The van der Waals surface area contributed by atoms with Crippen LogP contribution in [-0.4, -0.2) is 55.2 Å². The maximum atomic E-state index is 5.42. The Morgan fingerprint density at radius 2 is 1.85 bits per heavy atom. The molecular formula is C17H26N2O. The van der Waals surface area contributed by atoms with Gasteiger partial charge in [0.25, 0.3) is 0 Å². The van der Waals surface area contributed by atoms with Crippen molar-refractivity contribution >= 4 is 0 Å². The van der Waals surface area contributed by atoms with Gasteiger partial charge in [-0.3, -0.25) is 9.80 Å². The zero-order chi connectivity index (χ0) is 13.8. The van der Waals surface area contributed by atoms with Crippen molar-refractivity contribution in [3.63, 3.8) is 0 Å². The largest absolute Gasteiger partial charge is 0.379 e. The zero-order valence-electron chi connectivity index (χ0n) is 12.6. The van der Waals surface area contributed by atoms with E-state index in [4.69, 9.17) is 4.74 Å². The number of rotatable bonds is 6. The predicted octanol–water partition coefficient (Wildman–Crippen LogP) is 2.29. The molecule has 1 aliphatic heterocycles. The van der Waals surface area contributed by atoms with E-state index < -0.39 is 0 Å². The fourth-order valence-electron chi connectivity index (χ4n) is 2.85. The van der Waals surface area contributed by atoms with Crippen LogP contribution < -0.4 is 0 Å². The van der Waals surface area contributed by atoms with Crippen LogP contribution in [0, 0.1) is 6.92 Å². The molecule has 0 amide bonds. The van der Waals surface area contributed by atoms with Crippen molar-refractivity contribution in [2.45, 2.75) is 32.4 Å². The molecule has 0 aromatic heterocycles. The molecule has 3 nitrogen and oxygen atoms in total. The van der Waals surface area contributed by atoms with E-state index in [1.807, 2.05) is 0 Å². The van der Waals surface area contributed by atoms with E-state index in [0.717, 1.165) is 38.9 Å². The van der Waals surface area contributed by atoms with Gasteiger partial charge in [0.15, 0.2) is 0 Å². The van der Waals surface area contributed by atoms with Gasteiger partial charge in [0.05, 0.1) is 13.2 Å². The summed E-state index contributed by atoms with van der Waals surface area (Å²) >= 11 is 0. The molecule has 3 rings (SSSR count). The number of morpholine rings is 1. The summed E-state index contributed by atoms with van der Waals surface area (Å²) in [6.07, 6.45) is 2.77. The third-order valence-electron chi connectivity index (χ3n) is 4.38. The molecule has 110 valence electrons. The Balaban J connectivity index is 1.51. The first kappa shape index (κ1) is 14.1. The summed E-state index contributed by atoms with van der Waals surface area (Å²) in [7, 11) is 0. The first-order valence-electron chi connectivity index (χ1n) is 7.91. The molecule has 0 unspecified atom stereocenters. The maximum Gasteiger partial charge on any atom is 0.0594 e. The number of nitrogens with zero attached hydrogens (tertiary/aromatic N) is 2. The smallest absolute Gasteiger partial charge is 0.0594 e. The molecule has 3 heteroatoms. The monoisotopic (exact) mass is 274 g/mol. The predicted molar refractivity (Wildman–Crippen MR) is 81.9 cm³/mol. The average molecular weight is 274 g/mol. The highest BCUT2D eigenvalue weighted by molar-refractivity contribution is 5.21. The second kappa shape index (κ2) is 6.70. The third kappa shape index (κ3) is 4.05. The molecule has 1 aromatic carbocycles. The Kier molecular flexibility index (Phi) is 4.71. The third-order valence-corrected chi connectivity index (χ3v) is 4.38. The minimum atomic E-state index is 0.831. The Bertz CT molecular complexity index is 408. The van der Waals surface area contributed by atoms with Crippen molar-refractivity contribution in [2.24, 2.45) is 0 Å². The molecule has 1 aromatic rings. The van der Waals surface area contributed by atoms with E-state index >= 15 is 0 Å². The highest BCUT2D eigenvalue weighted by Crippen LogP contribution is 2.28. The highest BCUT2D eigenvalue weighted by Gasteiger charge is 2.29. The fourth-order valence-corrected chi connectivity index (χ4v) is 2.85. The summed E-state index contributed by atoms with van der Waals surface area (Å²) in [6.45, 7) is 9.65. The first-order chi connectivity index (χ1) is 9.81. The Morgan fingerprint density at radius 3 is 2.50 bits per heavy atom. The molecule has 0 atom stereocenters. The van der Waals surface area contributed by atoms with E-state index in [9.17, 15) is 0 Å². The van der Waals surface area contributed by atoms with E-state index in [1.165, 1.54) is 37.1 Å². The molecule has 0 spiro atoms. The van der Waals surface area contributed by atoms with Gasteiger partial charge in [0, 0.05) is 38.8 Å². The zero-order valence-corrected chi connectivity index (χ0v) is 12.6. The van der Waals surface area contributed by atoms with Crippen LogP contribution in [0.4, 0.5) is 0 Å². The number of aryl methyl sites for hydroxylation is 1. The highest BCUT2D eigenvalue weighted by atomic mass is 16.5. The van der Waals surface area contributed by atoms with Gasteiger partial charge < -0.3 is 4.74 Å². The lowest BCUT2D eigenvalue weighted by Crippen LogP contribution is -2.41. The standard InChI is InChI=1S/C17H26N2O/c1-15-2-4-16(5-3-15)14-19(17-6-7-17)9-8-18-10-12-20-13-11-18/h2-5,17H,6-14H2,1H3. The Labute approximate surface area is 122 Å². The van der Waals surface area contributed by atoms with Crippen molar-refractivity contribution < 1.29 is 4.74 Å². The quantitative estimate of drug-likeness (QED) is 0.791. The molecule has 1 saturated heterocycles. The minimum absolute atomic E-state index is 0.831. The Hall–Kier alpha value is -0.900.